The van der Waals surface area contributed by atoms with Gasteiger partial charge in [0.2, 0.25) is 17.7 Å². The van der Waals surface area contributed by atoms with Crippen molar-refractivity contribution in [3.63, 3.8) is 0 Å². The van der Waals surface area contributed by atoms with Crippen LogP contribution in [0.15, 0.2) is 12.1 Å². The Hall–Kier alpha value is -3.01. The number of nitrogens with zero attached hydrogens (tertiary/aromatic N) is 4. The van der Waals surface area contributed by atoms with Crippen LogP contribution in [0.2, 0.25) is 0 Å². The number of fused-ring (bicyclic) bond motifs is 1. The molecule has 1 aromatic heterocycles. The molecule has 4 amide bonds. The number of amides is 4. The molecule has 5 aliphatic rings. The second kappa shape index (κ2) is 10.6. The normalized spacial score (nSPS) is 26.1. The van der Waals surface area contributed by atoms with Crippen LogP contribution in [0.25, 0.3) is 0 Å². The number of pyridine rings is 1. The topological polar surface area (TPSA) is 112 Å². The zero-order chi connectivity index (χ0) is 26.2. The van der Waals surface area contributed by atoms with Gasteiger partial charge >= 0.3 is 0 Å². The number of nitrogens with one attached hydrogen (secondary N) is 1. The van der Waals surface area contributed by atoms with Crippen molar-refractivity contribution in [3.05, 3.63) is 23.4 Å². The SMILES string of the molecule is O=C1CCC(N2Cc3nc(N4CCC(C5CCN(C(=O)C6CCOCC6)CC5)CC4)ccc3C2=O)C(=O)N1. The van der Waals surface area contributed by atoms with Crippen LogP contribution in [-0.4, -0.2) is 83.8 Å². The van der Waals surface area contributed by atoms with Gasteiger partial charge in [-0.15, -0.1) is 0 Å². The maximum Gasteiger partial charge on any atom is 0.256 e. The summed E-state index contributed by atoms with van der Waals surface area (Å²) in [6, 6.07) is 3.14. The number of carbonyl (C=O) groups is 4. The lowest BCUT2D eigenvalue weighted by molar-refractivity contribution is -0.140. The zero-order valence-electron chi connectivity index (χ0n) is 21.9. The van der Waals surface area contributed by atoms with Crippen molar-refractivity contribution in [2.24, 2.45) is 17.8 Å². The molecule has 0 radical (unpaired) electrons. The molecule has 6 rings (SSSR count). The van der Waals surface area contributed by atoms with Gasteiger partial charge in [0, 0.05) is 51.7 Å². The van der Waals surface area contributed by atoms with E-state index in [1.54, 1.807) is 4.90 Å². The Morgan fingerprint density at radius 1 is 0.895 bits per heavy atom. The molecule has 1 aromatic rings. The highest BCUT2D eigenvalue weighted by molar-refractivity contribution is 6.05. The van der Waals surface area contributed by atoms with Crippen molar-refractivity contribution in [1.29, 1.82) is 0 Å². The average Bonchev–Trinajstić information content (AvgIpc) is 3.28. The van der Waals surface area contributed by atoms with Gasteiger partial charge in [0.15, 0.2) is 0 Å². The van der Waals surface area contributed by atoms with Crippen LogP contribution in [0.4, 0.5) is 5.82 Å². The largest absolute Gasteiger partial charge is 0.381 e. The molecule has 10 nitrogen and oxygen atoms in total. The molecular weight excluding hydrogens is 486 g/mol. The Labute approximate surface area is 223 Å². The summed E-state index contributed by atoms with van der Waals surface area (Å²) in [5, 5.41) is 2.35. The number of hydrogen-bond acceptors (Lipinski definition) is 7. The van der Waals surface area contributed by atoms with E-state index in [0.717, 1.165) is 70.5 Å². The number of piperidine rings is 3. The van der Waals surface area contributed by atoms with Crippen molar-refractivity contribution in [3.8, 4) is 0 Å². The van der Waals surface area contributed by atoms with E-state index >= 15 is 0 Å². The molecule has 1 atom stereocenters. The summed E-state index contributed by atoms with van der Waals surface area (Å²) in [6.45, 7) is 5.34. The highest BCUT2D eigenvalue weighted by Gasteiger charge is 2.40. The second-order valence-electron chi connectivity index (χ2n) is 11.4. The molecule has 0 spiro atoms. The van der Waals surface area contributed by atoms with Crippen molar-refractivity contribution in [2.45, 2.75) is 64.0 Å². The Kier molecular flexibility index (Phi) is 7.07. The van der Waals surface area contributed by atoms with Gasteiger partial charge in [-0.25, -0.2) is 4.98 Å². The number of rotatable bonds is 4. The van der Waals surface area contributed by atoms with Crippen LogP contribution in [-0.2, 0) is 25.7 Å². The first-order valence-corrected chi connectivity index (χ1v) is 14.2. The molecule has 0 aromatic carbocycles. The summed E-state index contributed by atoms with van der Waals surface area (Å²) in [7, 11) is 0. The maximum absolute atomic E-state index is 13.0. The number of likely N-dealkylation sites (tertiary alicyclic amines) is 1. The monoisotopic (exact) mass is 523 g/mol. The van der Waals surface area contributed by atoms with Gasteiger partial charge in [0.25, 0.3) is 5.91 Å². The summed E-state index contributed by atoms with van der Waals surface area (Å²) in [5.41, 5.74) is 1.26. The average molecular weight is 524 g/mol. The number of anilines is 1. The van der Waals surface area contributed by atoms with Gasteiger partial charge in [0.1, 0.15) is 11.9 Å². The quantitative estimate of drug-likeness (QED) is 0.598. The number of aromatic nitrogens is 1. The van der Waals surface area contributed by atoms with Crippen LogP contribution in [0.3, 0.4) is 0 Å². The number of imide groups is 1. The van der Waals surface area contributed by atoms with Crippen molar-refractivity contribution >= 4 is 29.4 Å². The summed E-state index contributed by atoms with van der Waals surface area (Å²) >= 11 is 0. The van der Waals surface area contributed by atoms with Crippen molar-refractivity contribution in [1.82, 2.24) is 20.1 Å². The number of hydrogen-bond donors (Lipinski definition) is 1. The molecule has 6 heterocycles. The van der Waals surface area contributed by atoms with Crippen molar-refractivity contribution < 1.29 is 23.9 Å². The lowest BCUT2D eigenvalue weighted by atomic mass is 9.78. The molecule has 1 N–H and O–H groups in total. The van der Waals surface area contributed by atoms with Crippen LogP contribution >= 0.6 is 0 Å². The third kappa shape index (κ3) is 4.90. The smallest absolute Gasteiger partial charge is 0.256 e. The summed E-state index contributed by atoms with van der Waals surface area (Å²) in [5.74, 6) is 1.84. The molecule has 204 valence electrons. The lowest BCUT2D eigenvalue weighted by Gasteiger charge is -2.41. The van der Waals surface area contributed by atoms with Crippen LogP contribution in [0, 0.1) is 17.8 Å². The summed E-state index contributed by atoms with van der Waals surface area (Å²) in [4.78, 5) is 60.4. The molecular formula is C28H37N5O5. The van der Waals surface area contributed by atoms with Crippen LogP contribution in [0.5, 0.6) is 0 Å². The van der Waals surface area contributed by atoms with Gasteiger partial charge in [-0.3, -0.25) is 24.5 Å². The van der Waals surface area contributed by atoms with Gasteiger partial charge in [-0.1, -0.05) is 0 Å². The Bertz CT molecular complexity index is 1100. The minimum Gasteiger partial charge on any atom is -0.381 e. The van der Waals surface area contributed by atoms with E-state index in [2.05, 4.69) is 15.1 Å². The fourth-order valence-electron chi connectivity index (χ4n) is 6.99. The molecule has 0 saturated carbocycles. The molecule has 4 fully saturated rings. The third-order valence-electron chi connectivity index (χ3n) is 9.31. The van der Waals surface area contributed by atoms with E-state index in [1.165, 1.54) is 0 Å². The first-order valence-electron chi connectivity index (χ1n) is 14.2. The fraction of sp³-hybridized carbons (Fsp3) is 0.679. The predicted octanol–water partition coefficient (Wildman–Crippen LogP) is 1.72. The molecule has 10 heteroatoms. The van der Waals surface area contributed by atoms with E-state index in [-0.39, 0.29) is 24.2 Å². The molecule has 4 saturated heterocycles. The van der Waals surface area contributed by atoms with Gasteiger partial charge < -0.3 is 19.4 Å². The fourth-order valence-corrected chi connectivity index (χ4v) is 6.99. The molecule has 5 aliphatic heterocycles. The van der Waals surface area contributed by atoms with Gasteiger partial charge in [0.05, 0.1) is 17.8 Å². The van der Waals surface area contributed by atoms with E-state index in [4.69, 9.17) is 9.72 Å². The standard InChI is InChI=1S/C28H37N5O5/c34-25-4-2-23(26(35)30-25)33-17-22-21(28(33)37)1-3-24(29-22)31-11-5-18(6-12-31)19-7-13-32(14-8-19)27(36)20-9-15-38-16-10-20/h1,3,18-20,23H,2,4-17H2,(H,30,34,35). The molecule has 0 bridgehead atoms. The zero-order valence-corrected chi connectivity index (χ0v) is 21.9. The first kappa shape index (κ1) is 25.3. The van der Waals surface area contributed by atoms with Gasteiger partial charge in [-0.2, -0.15) is 0 Å². The maximum atomic E-state index is 13.0. The van der Waals surface area contributed by atoms with Crippen molar-refractivity contribution in [2.75, 3.05) is 44.3 Å². The molecule has 38 heavy (non-hydrogen) atoms. The minimum absolute atomic E-state index is 0.148. The highest BCUT2D eigenvalue weighted by Crippen LogP contribution is 2.35. The van der Waals surface area contributed by atoms with Gasteiger partial charge in [-0.05, 0) is 68.9 Å². The van der Waals surface area contributed by atoms with E-state index < -0.39 is 11.9 Å². The molecule has 0 aliphatic carbocycles. The Morgan fingerprint density at radius 2 is 1.58 bits per heavy atom. The van der Waals surface area contributed by atoms with E-state index in [1.807, 2.05) is 12.1 Å². The number of carbonyl (C=O) groups excluding carboxylic acids is 4. The number of ether oxygens (including phenoxy) is 1. The Morgan fingerprint density at radius 3 is 2.26 bits per heavy atom. The summed E-state index contributed by atoms with van der Waals surface area (Å²) in [6.07, 6.45) is 6.72. The van der Waals surface area contributed by atoms with E-state index in [0.29, 0.717) is 55.2 Å². The first-order chi connectivity index (χ1) is 18.5. The van der Waals surface area contributed by atoms with E-state index in [9.17, 15) is 19.2 Å². The van der Waals surface area contributed by atoms with Crippen LogP contribution < -0.4 is 10.2 Å². The second-order valence-corrected chi connectivity index (χ2v) is 11.4. The lowest BCUT2D eigenvalue weighted by Crippen LogP contribution is -2.52. The predicted molar refractivity (Wildman–Crippen MR) is 138 cm³/mol. The minimum atomic E-state index is -0.619. The third-order valence-corrected chi connectivity index (χ3v) is 9.31. The molecule has 1 unspecified atom stereocenters. The van der Waals surface area contributed by atoms with Crippen LogP contribution in [0.1, 0.15) is 67.4 Å². The highest BCUT2D eigenvalue weighted by atomic mass is 16.5. The summed E-state index contributed by atoms with van der Waals surface area (Å²) < 4.78 is 5.42. The Balaban J connectivity index is 1.01.